The van der Waals surface area contributed by atoms with Crippen LogP contribution in [-0.4, -0.2) is 0 Å². The van der Waals surface area contributed by atoms with Gasteiger partial charge in [0.15, 0.2) is 0 Å². The molecule has 0 spiro atoms. The Balaban J connectivity index is 0.000000637. The highest BCUT2D eigenvalue weighted by atomic mass is 14.2. The summed E-state index contributed by atoms with van der Waals surface area (Å²) in [5, 5.41) is 0. The van der Waals surface area contributed by atoms with Crippen LogP contribution in [0.3, 0.4) is 0 Å². The first kappa shape index (κ1) is 13.9. The maximum absolute atomic E-state index is 2.34. The van der Waals surface area contributed by atoms with Gasteiger partial charge in [-0.15, -0.1) is 0 Å². The summed E-state index contributed by atoms with van der Waals surface area (Å²) in [6.07, 6.45) is 3.86. The molecular formula is C19H24. The first-order chi connectivity index (χ1) is 9.34. The Kier molecular flexibility index (Phi) is 4.79. The summed E-state index contributed by atoms with van der Waals surface area (Å²) >= 11 is 0. The molecule has 0 heteroatoms. The number of aryl methyl sites for hydroxylation is 2. The molecule has 100 valence electrons. The van der Waals surface area contributed by atoms with E-state index in [1.165, 1.54) is 30.4 Å². The highest BCUT2D eigenvalue weighted by Crippen LogP contribution is 2.36. The van der Waals surface area contributed by atoms with E-state index >= 15 is 0 Å². The number of hydrogen-bond donors (Lipinski definition) is 0. The standard InChI is InChI=1S/C17H18.C2H6/c1-13-6-4-9-15(12-13)17-11-5-8-14-7-2-3-10-16(14)17;1-2/h2-4,6-7,9-10,12,17H,5,8,11H2,1H3;1-2H3. The van der Waals surface area contributed by atoms with E-state index < -0.39 is 0 Å². The Labute approximate surface area is 117 Å². The maximum Gasteiger partial charge on any atom is 0.00922 e. The van der Waals surface area contributed by atoms with E-state index in [4.69, 9.17) is 0 Å². The van der Waals surface area contributed by atoms with Gasteiger partial charge >= 0.3 is 0 Å². The van der Waals surface area contributed by atoms with Crippen LogP contribution in [0.15, 0.2) is 48.5 Å². The second-order valence-electron chi connectivity index (χ2n) is 5.06. The molecule has 0 radical (unpaired) electrons. The SMILES string of the molecule is CC.Cc1cccc(C2CCCc3ccccc32)c1. The monoisotopic (exact) mass is 252 g/mol. The molecular weight excluding hydrogens is 228 g/mol. The van der Waals surface area contributed by atoms with Gasteiger partial charge in [-0.25, -0.2) is 0 Å². The van der Waals surface area contributed by atoms with Gasteiger partial charge < -0.3 is 0 Å². The summed E-state index contributed by atoms with van der Waals surface area (Å²) in [5.41, 5.74) is 5.94. The third-order valence-corrected chi connectivity index (χ3v) is 3.81. The van der Waals surface area contributed by atoms with Gasteiger partial charge in [0.25, 0.3) is 0 Å². The highest BCUT2D eigenvalue weighted by molar-refractivity contribution is 5.40. The minimum atomic E-state index is 0.611. The van der Waals surface area contributed by atoms with Crippen LogP contribution in [0.2, 0.25) is 0 Å². The molecule has 2 aromatic rings. The molecule has 0 aromatic heterocycles. The molecule has 0 bridgehead atoms. The van der Waals surface area contributed by atoms with Crippen molar-refractivity contribution in [2.24, 2.45) is 0 Å². The zero-order valence-corrected chi connectivity index (χ0v) is 12.3. The number of benzene rings is 2. The van der Waals surface area contributed by atoms with Gasteiger partial charge in [0.1, 0.15) is 0 Å². The topological polar surface area (TPSA) is 0 Å². The molecule has 3 rings (SSSR count). The Morgan fingerprint density at radius 1 is 0.947 bits per heavy atom. The quantitative estimate of drug-likeness (QED) is 0.629. The van der Waals surface area contributed by atoms with E-state index in [0.29, 0.717) is 5.92 Å². The highest BCUT2D eigenvalue weighted by Gasteiger charge is 2.20. The minimum absolute atomic E-state index is 0.611. The predicted molar refractivity (Wildman–Crippen MR) is 83.8 cm³/mol. The van der Waals surface area contributed by atoms with Crippen molar-refractivity contribution in [2.45, 2.75) is 46.0 Å². The van der Waals surface area contributed by atoms with Gasteiger partial charge in [-0.3, -0.25) is 0 Å². The van der Waals surface area contributed by atoms with Crippen molar-refractivity contribution in [1.82, 2.24) is 0 Å². The van der Waals surface area contributed by atoms with Crippen LogP contribution >= 0.6 is 0 Å². The lowest BCUT2D eigenvalue weighted by Crippen LogP contribution is -2.10. The average molecular weight is 252 g/mol. The fourth-order valence-electron chi connectivity index (χ4n) is 2.99. The van der Waals surface area contributed by atoms with E-state index in [0.717, 1.165) is 0 Å². The normalized spacial score (nSPS) is 17.1. The number of fused-ring (bicyclic) bond motifs is 1. The van der Waals surface area contributed by atoms with Gasteiger partial charge in [-0.1, -0.05) is 67.9 Å². The third kappa shape index (κ3) is 3.07. The summed E-state index contributed by atoms with van der Waals surface area (Å²) in [6.45, 7) is 6.18. The van der Waals surface area contributed by atoms with Gasteiger partial charge in [0.05, 0.1) is 0 Å². The van der Waals surface area contributed by atoms with Crippen molar-refractivity contribution < 1.29 is 0 Å². The molecule has 19 heavy (non-hydrogen) atoms. The average Bonchev–Trinajstić information content (AvgIpc) is 2.49. The van der Waals surface area contributed by atoms with Crippen LogP contribution < -0.4 is 0 Å². The van der Waals surface area contributed by atoms with E-state index in [1.54, 1.807) is 11.1 Å². The molecule has 0 aliphatic heterocycles. The van der Waals surface area contributed by atoms with Crippen molar-refractivity contribution in [3.63, 3.8) is 0 Å². The van der Waals surface area contributed by atoms with Crippen LogP contribution in [0, 0.1) is 6.92 Å². The van der Waals surface area contributed by atoms with Crippen LogP contribution in [0.25, 0.3) is 0 Å². The molecule has 0 N–H and O–H groups in total. The fourth-order valence-corrected chi connectivity index (χ4v) is 2.99. The smallest absolute Gasteiger partial charge is 0.00922 e. The Bertz CT molecular complexity index is 525. The first-order valence-corrected chi connectivity index (χ1v) is 7.49. The molecule has 0 fully saturated rings. The minimum Gasteiger partial charge on any atom is -0.0683 e. The summed E-state index contributed by atoms with van der Waals surface area (Å²) in [6, 6.07) is 17.9. The summed E-state index contributed by atoms with van der Waals surface area (Å²) in [5.74, 6) is 0.611. The molecule has 2 aromatic carbocycles. The second-order valence-corrected chi connectivity index (χ2v) is 5.06. The summed E-state index contributed by atoms with van der Waals surface area (Å²) < 4.78 is 0. The van der Waals surface area contributed by atoms with Crippen LogP contribution in [-0.2, 0) is 6.42 Å². The third-order valence-electron chi connectivity index (χ3n) is 3.81. The van der Waals surface area contributed by atoms with Crippen LogP contribution in [0.1, 0.15) is 54.9 Å². The summed E-state index contributed by atoms with van der Waals surface area (Å²) in [7, 11) is 0. The summed E-state index contributed by atoms with van der Waals surface area (Å²) in [4.78, 5) is 0. The molecule has 1 atom stereocenters. The van der Waals surface area contributed by atoms with Crippen molar-refractivity contribution >= 4 is 0 Å². The second kappa shape index (κ2) is 6.56. The van der Waals surface area contributed by atoms with Crippen molar-refractivity contribution in [2.75, 3.05) is 0 Å². The van der Waals surface area contributed by atoms with E-state index in [1.807, 2.05) is 13.8 Å². The van der Waals surface area contributed by atoms with E-state index in [2.05, 4.69) is 55.5 Å². The van der Waals surface area contributed by atoms with Gasteiger partial charge in [-0.05, 0) is 42.9 Å². The molecule has 0 heterocycles. The molecule has 1 aliphatic rings. The van der Waals surface area contributed by atoms with Crippen molar-refractivity contribution in [1.29, 1.82) is 0 Å². The van der Waals surface area contributed by atoms with Gasteiger partial charge in [0.2, 0.25) is 0 Å². The lowest BCUT2D eigenvalue weighted by molar-refractivity contribution is 0.615. The maximum atomic E-state index is 2.34. The predicted octanol–water partition coefficient (Wildman–Crippen LogP) is 5.49. The molecule has 0 nitrogen and oxygen atoms in total. The number of hydrogen-bond acceptors (Lipinski definition) is 0. The van der Waals surface area contributed by atoms with Crippen LogP contribution in [0.5, 0.6) is 0 Å². The zero-order valence-electron chi connectivity index (χ0n) is 12.3. The Morgan fingerprint density at radius 3 is 2.53 bits per heavy atom. The van der Waals surface area contributed by atoms with Crippen molar-refractivity contribution in [3.05, 3.63) is 70.8 Å². The lowest BCUT2D eigenvalue weighted by Gasteiger charge is -2.26. The van der Waals surface area contributed by atoms with E-state index in [9.17, 15) is 0 Å². The Morgan fingerprint density at radius 2 is 1.74 bits per heavy atom. The lowest BCUT2D eigenvalue weighted by atomic mass is 9.79. The number of rotatable bonds is 1. The molecule has 0 amide bonds. The Hall–Kier alpha value is -1.56. The molecule has 1 unspecified atom stereocenters. The first-order valence-electron chi connectivity index (χ1n) is 7.49. The van der Waals surface area contributed by atoms with E-state index in [-0.39, 0.29) is 0 Å². The van der Waals surface area contributed by atoms with Crippen LogP contribution in [0.4, 0.5) is 0 Å². The van der Waals surface area contributed by atoms with Gasteiger partial charge in [0, 0.05) is 5.92 Å². The van der Waals surface area contributed by atoms with Crippen molar-refractivity contribution in [3.8, 4) is 0 Å². The molecule has 1 aliphatic carbocycles. The van der Waals surface area contributed by atoms with Gasteiger partial charge in [-0.2, -0.15) is 0 Å². The fraction of sp³-hybridized carbons (Fsp3) is 0.368. The molecule has 0 saturated heterocycles. The zero-order chi connectivity index (χ0) is 13.7. The molecule has 0 saturated carbocycles. The largest absolute Gasteiger partial charge is 0.0683 e.